The summed E-state index contributed by atoms with van der Waals surface area (Å²) in [5.41, 5.74) is 0.0905. The van der Waals surface area contributed by atoms with Gasteiger partial charge in [0.2, 0.25) is 10.0 Å². The first-order chi connectivity index (χ1) is 14.7. The molecular weight excluding hydrogens is 420 g/mol. The number of nitrogens with one attached hydrogen (secondary N) is 1. The van der Waals surface area contributed by atoms with Crippen molar-refractivity contribution in [1.29, 1.82) is 0 Å². The Morgan fingerprint density at radius 1 is 1.13 bits per heavy atom. The Morgan fingerprint density at radius 2 is 1.77 bits per heavy atom. The predicted molar refractivity (Wildman–Crippen MR) is 115 cm³/mol. The van der Waals surface area contributed by atoms with Crippen LogP contribution in [0.3, 0.4) is 0 Å². The van der Waals surface area contributed by atoms with Gasteiger partial charge in [-0.1, -0.05) is 25.3 Å². The van der Waals surface area contributed by atoms with Gasteiger partial charge in [0.05, 0.1) is 22.7 Å². The molecule has 0 aromatic heterocycles. The highest BCUT2D eigenvalue weighted by atomic mass is 32.2. The van der Waals surface area contributed by atoms with E-state index >= 15 is 0 Å². The molecule has 1 aromatic rings. The maximum absolute atomic E-state index is 13.1. The Balaban J connectivity index is 1.66. The fraction of sp³-hybridized carbons (Fsp3) is 0.636. The van der Waals surface area contributed by atoms with Gasteiger partial charge in [-0.05, 0) is 51.8 Å². The summed E-state index contributed by atoms with van der Waals surface area (Å²) in [6.07, 6.45) is 3.83. The molecule has 1 heterocycles. The SMILES string of the molecule is C[C@@H]1CN(S(=O)(=O)c2cccc(C(=O)O[C@@H](C)C(=O)NC3CCCCC3)c2)C[C@@H](C)O1. The number of rotatable bonds is 6. The van der Waals surface area contributed by atoms with E-state index in [9.17, 15) is 18.0 Å². The minimum atomic E-state index is -3.78. The fourth-order valence-electron chi connectivity index (χ4n) is 4.11. The molecule has 1 amide bonds. The zero-order valence-corrected chi connectivity index (χ0v) is 19.2. The van der Waals surface area contributed by atoms with Crippen molar-refractivity contribution in [2.45, 2.75) is 82.1 Å². The Bertz CT molecular complexity index is 887. The van der Waals surface area contributed by atoms with Crippen molar-refractivity contribution in [3.8, 4) is 0 Å². The average Bonchev–Trinajstić information content (AvgIpc) is 2.73. The van der Waals surface area contributed by atoms with Crippen LogP contribution < -0.4 is 5.32 Å². The van der Waals surface area contributed by atoms with Gasteiger partial charge < -0.3 is 14.8 Å². The van der Waals surface area contributed by atoms with Gasteiger partial charge in [-0.2, -0.15) is 4.31 Å². The maximum atomic E-state index is 13.1. The molecule has 0 unspecified atom stereocenters. The Hall–Kier alpha value is -1.97. The van der Waals surface area contributed by atoms with Gasteiger partial charge in [-0.3, -0.25) is 4.79 Å². The molecule has 3 rings (SSSR count). The highest BCUT2D eigenvalue weighted by molar-refractivity contribution is 7.89. The van der Waals surface area contributed by atoms with E-state index in [1.807, 2.05) is 13.8 Å². The van der Waals surface area contributed by atoms with Gasteiger partial charge in [0.25, 0.3) is 5.91 Å². The number of hydrogen-bond acceptors (Lipinski definition) is 6. The summed E-state index contributed by atoms with van der Waals surface area (Å²) in [5.74, 6) is -1.06. The van der Waals surface area contributed by atoms with Crippen molar-refractivity contribution in [1.82, 2.24) is 9.62 Å². The molecule has 0 bridgehead atoms. The van der Waals surface area contributed by atoms with Crippen LogP contribution >= 0.6 is 0 Å². The van der Waals surface area contributed by atoms with Crippen molar-refractivity contribution >= 4 is 21.9 Å². The average molecular weight is 453 g/mol. The predicted octanol–water partition coefficient (Wildman–Crippen LogP) is 2.48. The van der Waals surface area contributed by atoms with Crippen LogP contribution in [0.5, 0.6) is 0 Å². The van der Waals surface area contributed by atoms with E-state index < -0.39 is 22.1 Å². The number of sulfonamides is 1. The molecule has 172 valence electrons. The zero-order chi connectivity index (χ0) is 22.6. The minimum Gasteiger partial charge on any atom is -0.449 e. The molecule has 1 aliphatic carbocycles. The normalized spacial score (nSPS) is 24.4. The Labute approximate surface area is 184 Å². The molecular formula is C22H32N2O6S. The fourth-order valence-corrected chi connectivity index (χ4v) is 5.74. The van der Waals surface area contributed by atoms with Crippen LogP contribution in [0.4, 0.5) is 0 Å². The van der Waals surface area contributed by atoms with Crippen LogP contribution in [0.25, 0.3) is 0 Å². The first kappa shape index (κ1) is 23.7. The third-order valence-corrected chi connectivity index (χ3v) is 7.53. The molecule has 1 aliphatic heterocycles. The van der Waals surface area contributed by atoms with E-state index in [0.717, 1.165) is 25.7 Å². The van der Waals surface area contributed by atoms with Crippen LogP contribution in [0.15, 0.2) is 29.2 Å². The van der Waals surface area contributed by atoms with Gasteiger partial charge in [0.15, 0.2) is 6.10 Å². The highest BCUT2D eigenvalue weighted by Gasteiger charge is 2.32. The summed E-state index contributed by atoms with van der Waals surface area (Å²) < 4.78 is 38.4. The first-order valence-electron chi connectivity index (χ1n) is 10.9. The number of nitrogens with zero attached hydrogens (tertiary/aromatic N) is 1. The number of amides is 1. The zero-order valence-electron chi connectivity index (χ0n) is 18.4. The van der Waals surface area contributed by atoms with E-state index in [1.165, 1.54) is 41.9 Å². The van der Waals surface area contributed by atoms with Crippen LogP contribution in [0.2, 0.25) is 0 Å². The number of esters is 1. The van der Waals surface area contributed by atoms with Crippen LogP contribution in [-0.2, 0) is 24.3 Å². The molecule has 2 aliphatic rings. The number of morpholine rings is 1. The summed E-state index contributed by atoms with van der Waals surface area (Å²) in [6.45, 7) is 5.67. The molecule has 1 saturated carbocycles. The lowest BCUT2D eigenvalue weighted by Crippen LogP contribution is -2.48. The maximum Gasteiger partial charge on any atom is 0.338 e. The molecule has 1 aromatic carbocycles. The second kappa shape index (κ2) is 10.1. The third kappa shape index (κ3) is 6.05. The molecule has 3 atom stereocenters. The van der Waals surface area contributed by atoms with Gasteiger partial charge in [-0.15, -0.1) is 0 Å². The second-order valence-electron chi connectivity index (χ2n) is 8.50. The van der Waals surface area contributed by atoms with Crippen LogP contribution in [0.1, 0.15) is 63.2 Å². The molecule has 0 spiro atoms. The van der Waals surface area contributed by atoms with Crippen molar-refractivity contribution in [2.75, 3.05) is 13.1 Å². The monoisotopic (exact) mass is 452 g/mol. The van der Waals surface area contributed by atoms with Crippen molar-refractivity contribution < 1.29 is 27.5 Å². The largest absolute Gasteiger partial charge is 0.449 e. The molecule has 31 heavy (non-hydrogen) atoms. The van der Waals surface area contributed by atoms with Crippen molar-refractivity contribution in [2.24, 2.45) is 0 Å². The number of ether oxygens (including phenoxy) is 2. The van der Waals surface area contributed by atoms with Gasteiger partial charge >= 0.3 is 5.97 Å². The van der Waals surface area contributed by atoms with E-state index in [1.54, 1.807) is 0 Å². The topological polar surface area (TPSA) is 102 Å². The number of hydrogen-bond donors (Lipinski definition) is 1. The Kier molecular flexibility index (Phi) is 7.72. The van der Waals surface area contributed by atoms with E-state index in [-0.39, 0.29) is 47.7 Å². The number of benzene rings is 1. The quantitative estimate of drug-likeness (QED) is 0.666. The lowest BCUT2D eigenvalue weighted by Gasteiger charge is -2.34. The summed E-state index contributed by atoms with van der Waals surface area (Å²) in [5, 5.41) is 2.93. The molecule has 9 heteroatoms. The summed E-state index contributed by atoms with van der Waals surface area (Å²) in [4.78, 5) is 25.0. The summed E-state index contributed by atoms with van der Waals surface area (Å²) >= 11 is 0. The first-order valence-corrected chi connectivity index (χ1v) is 12.4. The smallest absolute Gasteiger partial charge is 0.338 e. The minimum absolute atomic E-state index is 0.0163. The summed E-state index contributed by atoms with van der Waals surface area (Å²) in [7, 11) is -3.78. The lowest BCUT2D eigenvalue weighted by molar-refractivity contribution is -0.130. The molecule has 2 fully saturated rings. The molecule has 1 saturated heterocycles. The molecule has 1 N–H and O–H groups in total. The summed E-state index contributed by atoms with van der Waals surface area (Å²) in [6, 6.07) is 5.86. The number of carbonyl (C=O) groups is 2. The van der Waals surface area contributed by atoms with Crippen LogP contribution in [0, 0.1) is 0 Å². The number of carbonyl (C=O) groups excluding carboxylic acids is 2. The van der Waals surface area contributed by atoms with Gasteiger partial charge in [-0.25, -0.2) is 13.2 Å². The molecule has 0 radical (unpaired) electrons. The van der Waals surface area contributed by atoms with Gasteiger partial charge in [0.1, 0.15) is 0 Å². The van der Waals surface area contributed by atoms with E-state index in [2.05, 4.69) is 5.32 Å². The van der Waals surface area contributed by atoms with E-state index in [0.29, 0.717) is 0 Å². The second-order valence-corrected chi connectivity index (χ2v) is 10.4. The van der Waals surface area contributed by atoms with E-state index in [4.69, 9.17) is 9.47 Å². The molecule has 8 nitrogen and oxygen atoms in total. The van der Waals surface area contributed by atoms with Crippen LogP contribution in [-0.4, -0.2) is 62.0 Å². The van der Waals surface area contributed by atoms with Crippen molar-refractivity contribution in [3.05, 3.63) is 29.8 Å². The third-order valence-electron chi connectivity index (χ3n) is 5.70. The van der Waals surface area contributed by atoms with Crippen molar-refractivity contribution in [3.63, 3.8) is 0 Å². The highest BCUT2D eigenvalue weighted by Crippen LogP contribution is 2.22. The lowest BCUT2D eigenvalue weighted by atomic mass is 9.95. The standard InChI is InChI=1S/C22H32N2O6S/c1-15-13-24(14-16(2)29-15)31(27,28)20-11-7-8-18(12-20)22(26)30-17(3)21(25)23-19-9-5-4-6-10-19/h7-8,11-12,15-17,19H,4-6,9-10,13-14H2,1-3H3,(H,23,25)/t15-,16-,17+/m1/s1. The Morgan fingerprint density at radius 3 is 2.42 bits per heavy atom. The van der Waals surface area contributed by atoms with Gasteiger partial charge in [0, 0.05) is 19.1 Å².